The van der Waals surface area contributed by atoms with Crippen molar-refractivity contribution in [1.82, 2.24) is 15.1 Å². The predicted molar refractivity (Wildman–Crippen MR) is 68.7 cm³/mol. The summed E-state index contributed by atoms with van der Waals surface area (Å²) in [4.78, 5) is 12.0. The first-order valence-electron chi connectivity index (χ1n) is 6.27. The molecule has 0 saturated heterocycles. The van der Waals surface area contributed by atoms with Crippen LogP contribution >= 0.6 is 0 Å². The Labute approximate surface area is 110 Å². The molecule has 0 atom stereocenters. The van der Waals surface area contributed by atoms with Crippen molar-refractivity contribution in [3.63, 3.8) is 0 Å². The molecule has 0 aliphatic heterocycles. The lowest BCUT2D eigenvalue weighted by Crippen LogP contribution is -2.25. The maximum Gasteiger partial charge on any atom is 0.254 e. The zero-order chi connectivity index (χ0) is 13.4. The summed E-state index contributed by atoms with van der Waals surface area (Å²) in [5.74, 6) is -0.495. The molecular formula is C14H14FN3O. The standard InChI is InChI=1S/C14H14FN3O/c1-9-11(14(19)17-10-6-7-10)8-16-18(9)13-5-3-2-4-12(13)15/h2-5,8,10H,6-7H2,1H3,(H,17,19). The fraction of sp³-hybridized carbons (Fsp3) is 0.286. The molecule has 0 spiro atoms. The lowest BCUT2D eigenvalue weighted by Gasteiger charge is -2.06. The Hall–Kier alpha value is -2.17. The summed E-state index contributed by atoms with van der Waals surface area (Å²) in [6.07, 6.45) is 3.55. The van der Waals surface area contributed by atoms with Gasteiger partial charge in [-0.15, -0.1) is 0 Å². The Morgan fingerprint density at radius 2 is 2.16 bits per heavy atom. The van der Waals surface area contributed by atoms with Gasteiger partial charge in [0, 0.05) is 6.04 Å². The zero-order valence-electron chi connectivity index (χ0n) is 10.6. The summed E-state index contributed by atoms with van der Waals surface area (Å²) in [5, 5.41) is 7.02. The van der Waals surface area contributed by atoms with Crippen molar-refractivity contribution >= 4 is 5.91 Å². The van der Waals surface area contributed by atoms with E-state index in [-0.39, 0.29) is 11.7 Å². The van der Waals surface area contributed by atoms with Crippen LogP contribution in [0.25, 0.3) is 5.69 Å². The first kappa shape index (κ1) is 11.9. The molecule has 2 aromatic rings. The number of hydrogen-bond donors (Lipinski definition) is 1. The van der Waals surface area contributed by atoms with Crippen LogP contribution in [0.2, 0.25) is 0 Å². The Kier molecular flexibility index (Phi) is 2.81. The minimum absolute atomic E-state index is 0.136. The van der Waals surface area contributed by atoms with Gasteiger partial charge in [-0.25, -0.2) is 9.07 Å². The number of halogens is 1. The number of carbonyl (C=O) groups excluding carboxylic acids is 1. The van der Waals surface area contributed by atoms with E-state index < -0.39 is 0 Å². The molecule has 1 aromatic heterocycles. The van der Waals surface area contributed by atoms with Crippen LogP contribution in [0.4, 0.5) is 4.39 Å². The molecule has 1 saturated carbocycles. The molecule has 1 aromatic carbocycles. The van der Waals surface area contributed by atoms with E-state index in [0.717, 1.165) is 12.8 Å². The van der Waals surface area contributed by atoms with Gasteiger partial charge in [0.25, 0.3) is 5.91 Å². The molecular weight excluding hydrogens is 245 g/mol. The Bertz CT molecular complexity index is 631. The number of benzene rings is 1. The van der Waals surface area contributed by atoms with Gasteiger partial charge in [-0.1, -0.05) is 12.1 Å². The maximum atomic E-state index is 13.7. The molecule has 0 bridgehead atoms. The summed E-state index contributed by atoms with van der Waals surface area (Å²) in [6.45, 7) is 1.77. The Morgan fingerprint density at radius 1 is 1.42 bits per heavy atom. The van der Waals surface area contributed by atoms with E-state index in [1.807, 2.05) is 0 Å². The van der Waals surface area contributed by atoms with Crippen molar-refractivity contribution in [3.05, 3.63) is 47.5 Å². The van der Waals surface area contributed by atoms with Crippen molar-refractivity contribution in [2.45, 2.75) is 25.8 Å². The number of carbonyl (C=O) groups is 1. The molecule has 0 radical (unpaired) electrons. The van der Waals surface area contributed by atoms with Crippen molar-refractivity contribution in [3.8, 4) is 5.69 Å². The number of nitrogens with zero attached hydrogens (tertiary/aromatic N) is 2. The molecule has 1 heterocycles. The van der Waals surface area contributed by atoms with Crippen molar-refractivity contribution in [2.24, 2.45) is 0 Å². The van der Waals surface area contributed by atoms with E-state index in [2.05, 4.69) is 10.4 Å². The van der Waals surface area contributed by atoms with Crippen LogP contribution in [0.5, 0.6) is 0 Å². The Balaban J connectivity index is 1.94. The highest BCUT2D eigenvalue weighted by Gasteiger charge is 2.25. The number of aromatic nitrogens is 2. The predicted octanol–water partition coefficient (Wildman–Crippen LogP) is 2.21. The van der Waals surface area contributed by atoms with Gasteiger partial charge in [-0.3, -0.25) is 4.79 Å². The lowest BCUT2D eigenvalue weighted by atomic mass is 10.2. The quantitative estimate of drug-likeness (QED) is 0.918. The van der Waals surface area contributed by atoms with Crippen molar-refractivity contribution < 1.29 is 9.18 Å². The summed E-state index contributed by atoms with van der Waals surface area (Å²) in [7, 11) is 0. The van der Waals surface area contributed by atoms with E-state index in [4.69, 9.17) is 0 Å². The second-order valence-electron chi connectivity index (χ2n) is 4.75. The zero-order valence-corrected chi connectivity index (χ0v) is 10.6. The van der Waals surface area contributed by atoms with Gasteiger partial charge in [0.05, 0.1) is 17.5 Å². The largest absolute Gasteiger partial charge is 0.349 e. The Morgan fingerprint density at radius 3 is 2.84 bits per heavy atom. The summed E-state index contributed by atoms with van der Waals surface area (Å²) in [5.41, 5.74) is 1.49. The number of hydrogen-bond acceptors (Lipinski definition) is 2. The fourth-order valence-electron chi connectivity index (χ4n) is 1.99. The van der Waals surface area contributed by atoms with Crippen LogP contribution in [-0.2, 0) is 0 Å². The monoisotopic (exact) mass is 259 g/mol. The molecule has 0 unspecified atom stereocenters. The average Bonchev–Trinajstić information content (AvgIpc) is 3.12. The molecule has 1 aliphatic carbocycles. The number of amides is 1. The molecule has 1 fully saturated rings. The minimum atomic E-state index is -0.358. The van der Waals surface area contributed by atoms with Crippen molar-refractivity contribution in [1.29, 1.82) is 0 Å². The highest BCUT2D eigenvalue weighted by molar-refractivity contribution is 5.95. The van der Waals surface area contributed by atoms with Crippen molar-refractivity contribution in [2.75, 3.05) is 0 Å². The van der Waals surface area contributed by atoms with Crippen LogP contribution < -0.4 is 5.32 Å². The van der Waals surface area contributed by atoms with Gasteiger partial charge in [-0.05, 0) is 31.9 Å². The van der Waals surface area contributed by atoms with Crippen LogP contribution in [0.1, 0.15) is 28.9 Å². The van der Waals surface area contributed by atoms with Crippen LogP contribution in [-0.4, -0.2) is 21.7 Å². The summed E-state index contributed by atoms with van der Waals surface area (Å²) in [6, 6.07) is 6.67. The number of nitrogens with one attached hydrogen (secondary N) is 1. The van der Waals surface area contributed by atoms with E-state index in [1.165, 1.54) is 16.9 Å². The van der Waals surface area contributed by atoms with E-state index in [0.29, 0.717) is 23.0 Å². The molecule has 19 heavy (non-hydrogen) atoms. The minimum Gasteiger partial charge on any atom is -0.349 e. The normalized spacial score (nSPS) is 14.4. The third-order valence-corrected chi connectivity index (χ3v) is 3.25. The molecule has 4 nitrogen and oxygen atoms in total. The van der Waals surface area contributed by atoms with Gasteiger partial charge in [-0.2, -0.15) is 5.10 Å². The summed E-state index contributed by atoms with van der Waals surface area (Å²) < 4.78 is 15.2. The molecule has 1 aliphatic rings. The molecule has 5 heteroatoms. The first-order chi connectivity index (χ1) is 9.16. The van der Waals surface area contributed by atoms with E-state index in [9.17, 15) is 9.18 Å². The molecule has 3 rings (SSSR count). The smallest absolute Gasteiger partial charge is 0.254 e. The molecule has 98 valence electrons. The molecule has 1 N–H and O–H groups in total. The average molecular weight is 259 g/mol. The van der Waals surface area contributed by atoms with Gasteiger partial charge < -0.3 is 5.32 Å². The lowest BCUT2D eigenvalue weighted by molar-refractivity contribution is 0.0950. The van der Waals surface area contributed by atoms with Gasteiger partial charge in [0.1, 0.15) is 11.5 Å². The van der Waals surface area contributed by atoms with Crippen LogP contribution in [0.15, 0.2) is 30.5 Å². The van der Waals surface area contributed by atoms with Crippen LogP contribution in [0, 0.1) is 12.7 Å². The maximum absolute atomic E-state index is 13.7. The first-order valence-corrected chi connectivity index (χ1v) is 6.27. The van der Waals surface area contributed by atoms with Gasteiger partial charge >= 0.3 is 0 Å². The number of para-hydroxylation sites is 1. The second-order valence-corrected chi connectivity index (χ2v) is 4.75. The van der Waals surface area contributed by atoms with Crippen LogP contribution in [0.3, 0.4) is 0 Å². The van der Waals surface area contributed by atoms with E-state index >= 15 is 0 Å². The van der Waals surface area contributed by atoms with Gasteiger partial charge in [0.15, 0.2) is 0 Å². The summed E-state index contributed by atoms with van der Waals surface area (Å²) >= 11 is 0. The highest BCUT2D eigenvalue weighted by Crippen LogP contribution is 2.21. The third kappa shape index (κ3) is 2.23. The fourth-order valence-corrected chi connectivity index (χ4v) is 1.99. The third-order valence-electron chi connectivity index (χ3n) is 3.25. The van der Waals surface area contributed by atoms with Gasteiger partial charge in [0.2, 0.25) is 0 Å². The van der Waals surface area contributed by atoms with E-state index in [1.54, 1.807) is 25.1 Å². The highest BCUT2D eigenvalue weighted by atomic mass is 19.1. The second kappa shape index (κ2) is 4.50. The molecule has 1 amide bonds. The topological polar surface area (TPSA) is 46.9 Å². The number of rotatable bonds is 3. The SMILES string of the molecule is Cc1c(C(=O)NC2CC2)cnn1-c1ccccc1F.